The van der Waals surface area contributed by atoms with Crippen molar-refractivity contribution in [1.82, 2.24) is 15.0 Å². The lowest BCUT2D eigenvalue weighted by atomic mass is 9.79. The van der Waals surface area contributed by atoms with Gasteiger partial charge >= 0.3 is 0 Å². The van der Waals surface area contributed by atoms with E-state index in [9.17, 15) is 0 Å². The van der Waals surface area contributed by atoms with Crippen LogP contribution in [-0.4, -0.2) is 15.0 Å². The highest BCUT2D eigenvalue weighted by Gasteiger charge is 2.40. The van der Waals surface area contributed by atoms with Gasteiger partial charge in [0.15, 0.2) is 17.5 Å². The second-order valence-electron chi connectivity index (χ2n) is 13.9. The first-order valence-electron chi connectivity index (χ1n) is 17.3. The van der Waals surface area contributed by atoms with Crippen LogP contribution in [0.5, 0.6) is 0 Å². The average Bonchev–Trinajstić information content (AvgIpc) is 3.83. The Balaban J connectivity index is 1.18. The first kappa shape index (κ1) is 28.3. The van der Waals surface area contributed by atoms with E-state index in [1.54, 1.807) is 0 Å². The number of furan rings is 2. The van der Waals surface area contributed by atoms with Crippen LogP contribution >= 0.6 is 0 Å². The van der Waals surface area contributed by atoms with Crippen LogP contribution in [0.4, 0.5) is 0 Å². The van der Waals surface area contributed by atoms with Crippen molar-refractivity contribution in [1.29, 1.82) is 0 Å². The van der Waals surface area contributed by atoms with Crippen molar-refractivity contribution in [2.45, 2.75) is 19.3 Å². The summed E-state index contributed by atoms with van der Waals surface area (Å²) in [6, 6.07) is 48.1. The Bertz CT molecular complexity index is 3060. The predicted octanol–water partition coefficient (Wildman–Crippen LogP) is 12.1. The SMILES string of the molecule is CC1(C)c2ccc(-c3nc(-c4ccccc4)nc(-c4cccc5c4oc4ccccc45)n3)cc2-c2c1c1c3ccccc3oc1c1ccccc21. The molecule has 0 aliphatic heterocycles. The van der Waals surface area contributed by atoms with Crippen LogP contribution in [0.2, 0.25) is 0 Å². The maximum absolute atomic E-state index is 6.60. The van der Waals surface area contributed by atoms with Gasteiger partial charge in [0.2, 0.25) is 0 Å². The van der Waals surface area contributed by atoms with Gasteiger partial charge in [-0.05, 0) is 51.9 Å². The molecule has 7 aromatic carbocycles. The minimum atomic E-state index is -0.269. The van der Waals surface area contributed by atoms with Gasteiger partial charge in [-0.1, -0.05) is 129 Å². The highest BCUT2D eigenvalue weighted by molar-refractivity contribution is 6.23. The molecule has 51 heavy (non-hydrogen) atoms. The zero-order valence-corrected chi connectivity index (χ0v) is 27.9. The summed E-state index contributed by atoms with van der Waals surface area (Å²) in [5, 5.41) is 6.73. The molecule has 3 aromatic heterocycles. The standard InChI is InChI=1S/C46H29N3O2/c1-46(2)35-24-23-27(25-34(35)38-29-16-6-7-17-31(29)42-39(40(38)46)32-18-9-11-22-37(32)51-42)44-47-43(26-13-4-3-5-14-26)48-45(49-44)33-20-12-19-30-28-15-8-10-21-36(28)50-41(30)33/h3-25H,1-2H3. The average molecular weight is 656 g/mol. The summed E-state index contributed by atoms with van der Waals surface area (Å²) in [7, 11) is 0. The van der Waals surface area contributed by atoms with Crippen LogP contribution < -0.4 is 0 Å². The fraction of sp³-hybridized carbons (Fsp3) is 0.0652. The molecule has 3 heterocycles. The Hall–Kier alpha value is -6.59. The monoisotopic (exact) mass is 655 g/mol. The molecule has 0 saturated heterocycles. The van der Waals surface area contributed by atoms with Gasteiger partial charge in [0, 0.05) is 43.5 Å². The van der Waals surface area contributed by atoms with Gasteiger partial charge in [-0.25, -0.2) is 15.0 Å². The number of rotatable bonds is 3. The van der Waals surface area contributed by atoms with E-state index >= 15 is 0 Å². The third kappa shape index (κ3) is 3.94. The van der Waals surface area contributed by atoms with Gasteiger partial charge in [0.05, 0.1) is 5.56 Å². The molecule has 0 fully saturated rings. The van der Waals surface area contributed by atoms with E-state index in [1.807, 2.05) is 66.7 Å². The molecule has 0 radical (unpaired) electrons. The third-order valence-corrected chi connectivity index (χ3v) is 10.7. The number of fused-ring (bicyclic) bond motifs is 13. The molecule has 5 heteroatoms. The number of nitrogens with zero attached hydrogens (tertiary/aromatic N) is 3. The summed E-state index contributed by atoms with van der Waals surface area (Å²) in [6.07, 6.45) is 0. The minimum absolute atomic E-state index is 0.269. The van der Waals surface area contributed by atoms with Gasteiger partial charge in [-0.2, -0.15) is 0 Å². The summed E-state index contributed by atoms with van der Waals surface area (Å²) in [4.78, 5) is 15.4. The van der Waals surface area contributed by atoms with Gasteiger partial charge in [-0.3, -0.25) is 0 Å². The molecule has 1 aliphatic carbocycles. The molecule has 11 rings (SSSR count). The van der Waals surface area contributed by atoms with Gasteiger partial charge < -0.3 is 8.83 Å². The molecule has 0 spiro atoms. The topological polar surface area (TPSA) is 65.0 Å². The van der Waals surface area contributed by atoms with Gasteiger partial charge in [-0.15, -0.1) is 0 Å². The number of para-hydroxylation sites is 3. The number of hydrogen-bond acceptors (Lipinski definition) is 5. The van der Waals surface area contributed by atoms with Crippen molar-refractivity contribution in [2.24, 2.45) is 0 Å². The van der Waals surface area contributed by atoms with E-state index in [0.29, 0.717) is 17.5 Å². The molecule has 0 saturated carbocycles. The zero-order valence-electron chi connectivity index (χ0n) is 27.9. The molecule has 1 aliphatic rings. The van der Waals surface area contributed by atoms with E-state index in [-0.39, 0.29) is 5.41 Å². The first-order valence-corrected chi connectivity index (χ1v) is 17.3. The largest absolute Gasteiger partial charge is 0.455 e. The van der Waals surface area contributed by atoms with Gasteiger partial charge in [0.1, 0.15) is 22.3 Å². The van der Waals surface area contributed by atoms with Crippen molar-refractivity contribution < 1.29 is 8.83 Å². The van der Waals surface area contributed by atoms with Crippen molar-refractivity contribution in [3.8, 4) is 45.3 Å². The number of hydrogen-bond donors (Lipinski definition) is 0. The molecule has 0 amide bonds. The maximum Gasteiger partial charge on any atom is 0.167 e. The Morgan fingerprint density at radius 3 is 1.84 bits per heavy atom. The zero-order chi connectivity index (χ0) is 33.8. The van der Waals surface area contributed by atoms with Crippen LogP contribution in [0.1, 0.15) is 25.0 Å². The Morgan fingerprint density at radius 1 is 0.451 bits per heavy atom. The van der Waals surface area contributed by atoms with Crippen LogP contribution in [0.15, 0.2) is 148 Å². The van der Waals surface area contributed by atoms with E-state index < -0.39 is 0 Å². The van der Waals surface area contributed by atoms with Crippen molar-refractivity contribution >= 4 is 54.6 Å². The minimum Gasteiger partial charge on any atom is -0.455 e. The lowest BCUT2D eigenvalue weighted by Gasteiger charge is -2.23. The van der Waals surface area contributed by atoms with Crippen molar-refractivity contribution in [3.63, 3.8) is 0 Å². The Morgan fingerprint density at radius 2 is 1.04 bits per heavy atom. The highest BCUT2D eigenvalue weighted by Crippen LogP contribution is 2.56. The number of benzene rings is 7. The second-order valence-corrected chi connectivity index (χ2v) is 13.9. The summed E-state index contributed by atoms with van der Waals surface area (Å²) < 4.78 is 13.0. The van der Waals surface area contributed by atoms with E-state index in [0.717, 1.165) is 60.6 Å². The second kappa shape index (κ2) is 10.2. The van der Waals surface area contributed by atoms with Crippen LogP contribution in [0.3, 0.4) is 0 Å². The van der Waals surface area contributed by atoms with Crippen LogP contribution in [0, 0.1) is 0 Å². The van der Waals surface area contributed by atoms with Crippen molar-refractivity contribution in [3.05, 3.63) is 151 Å². The summed E-state index contributed by atoms with van der Waals surface area (Å²) in [6.45, 7) is 4.66. The number of aromatic nitrogens is 3. The molecule has 0 bridgehead atoms. The molecule has 0 N–H and O–H groups in total. The summed E-state index contributed by atoms with van der Waals surface area (Å²) in [5.74, 6) is 1.80. The molecular formula is C46H29N3O2. The fourth-order valence-corrected chi connectivity index (χ4v) is 8.38. The third-order valence-electron chi connectivity index (χ3n) is 10.7. The lowest BCUT2D eigenvalue weighted by Crippen LogP contribution is -2.15. The maximum atomic E-state index is 6.60. The highest BCUT2D eigenvalue weighted by atomic mass is 16.3. The summed E-state index contributed by atoms with van der Waals surface area (Å²) >= 11 is 0. The quantitative estimate of drug-likeness (QED) is 0.189. The molecule has 240 valence electrons. The van der Waals surface area contributed by atoms with E-state index in [2.05, 4.69) is 86.6 Å². The lowest BCUT2D eigenvalue weighted by molar-refractivity contribution is 0.659. The molecule has 5 nitrogen and oxygen atoms in total. The molecule has 0 unspecified atom stereocenters. The van der Waals surface area contributed by atoms with Crippen molar-refractivity contribution in [2.75, 3.05) is 0 Å². The van der Waals surface area contributed by atoms with Crippen LogP contribution in [-0.2, 0) is 5.41 Å². The molecule has 0 atom stereocenters. The predicted molar refractivity (Wildman–Crippen MR) is 206 cm³/mol. The Labute approximate surface area is 292 Å². The smallest absolute Gasteiger partial charge is 0.167 e. The van der Waals surface area contributed by atoms with Crippen LogP contribution in [0.25, 0.3) is 99.9 Å². The molecular weight excluding hydrogens is 627 g/mol. The van der Waals surface area contributed by atoms with E-state index in [4.69, 9.17) is 23.8 Å². The molecule has 10 aromatic rings. The Kier molecular flexibility index (Phi) is 5.66. The first-order chi connectivity index (χ1) is 25.0. The van der Waals surface area contributed by atoms with E-state index in [1.165, 1.54) is 33.0 Å². The summed E-state index contributed by atoms with van der Waals surface area (Å²) in [5.41, 5.74) is 10.9. The fourth-order valence-electron chi connectivity index (χ4n) is 8.38. The normalized spacial score (nSPS) is 13.5. The van der Waals surface area contributed by atoms with Gasteiger partial charge in [0.25, 0.3) is 0 Å².